The van der Waals surface area contributed by atoms with Crippen LogP contribution in [0.3, 0.4) is 0 Å². The summed E-state index contributed by atoms with van der Waals surface area (Å²) in [6, 6.07) is 2.15. The van der Waals surface area contributed by atoms with Gasteiger partial charge in [-0.1, -0.05) is 12.8 Å². The normalized spacial score (nSPS) is 36.6. The van der Waals surface area contributed by atoms with Crippen molar-refractivity contribution in [1.29, 1.82) is 5.26 Å². The van der Waals surface area contributed by atoms with E-state index in [1.54, 1.807) is 0 Å². The Morgan fingerprint density at radius 3 is 2.56 bits per heavy atom. The molecule has 1 heterocycles. The van der Waals surface area contributed by atoms with Crippen LogP contribution < -0.4 is 0 Å². The van der Waals surface area contributed by atoms with Gasteiger partial charge in [0, 0.05) is 0 Å². The van der Waals surface area contributed by atoms with E-state index in [4.69, 9.17) is 10.00 Å². The van der Waals surface area contributed by atoms with Gasteiger partial charge in [-0.25, -0.2) is 0 Å². The molecule has 2 nitrogen and oxygen atoms in total. The van der Waals surface area contributed by atoms with E-state index in [0.29, 0.717) is 0 Å². The van der Waals surface area contributed by atoms with Crippen LogP contribution >= 0.6 is 0 Å². The molecule has 1 atom stereocenters. The van der Waals surface area contributed by atoms with Crippen LogP contribution in [0.5, 0.6) is 0 Å². The SMILES string of the molecule is N#C[C@H]1OC12CCCC2. The first kappa shape index (κ1) is 5.25. The molecule has 0 aromatic heterocycles. The van der Waals surface area contributed by atoms with Crippen molar-refractivity contribution in [2.45, 2.75) is 37.4 Å². The van der Waals surface area contributed by atoms with Gasteiger partial charge < -0.3 is 4.74 Å². The monoisotopic (exact) mass is 123 g/mol. The van der Waals surface area contributed by atoms with Crippen molar-refractivity contribution < 1.29 is 4.74 Å². The van der Waals surface area contributed by atoms with Crippen LogP contribution in [0.25, 0.3) is 0 Å². The zero-order valence-electron chi connectivity index (χ0n) is 5.26. The number of ether oxygens (including phenoxy) is 1. The molecule has 1 aliphatic carbocycles. The molecule has 48 valence electrons. The highest BCUT2D eigenvalue weighted by atomic mass is 16.6. The number of epoxide rings is 1. The van der Waals surface area contributed by atoms with Crippen LogP contribution in [0.15, 0.2) is 0 Å². The molecule has 0 aromatic rings. The molecule has 1 aliphatic heterocycles. The third kappa shape index (κ3) is 0.585. The lowest BCUT2D eigenvalue weighted by atomic mass is 10.1. The van der Waals surface area contributed by atoms with Gasteiger partial charge in [-0.3, -0.25) is 0 Å². The maximum Gasteiger partial charge on any atom is 0.173 e. The maximum atomic E-state index is 8.46. The van der Waals surface area contributed by atoms with E-state index in [-0.39, 0.29) is 11.7 Å². The van der Waals surface area contributed by atoms with Crippen molar-refractivity contribution in [3.8, 4) is 6.07 Å². The third-order valence-corrected chi connectivity index (χ3v) is 2.34. The van der Waals surface area contributed by atoms with Crippen LogP contribution in [-0.2, 0) is 4.74 Å². The van der Waals surface area contributed by atoms with Crippen LogP contribution in [0.4, 0.5) is 0 Å². The topological polar surface area (TPSA) is 36.3 Å². The standard InChI is InChI=1S/C7H9NO/c8-5-6-7(9-6)3-1-2-4-7/h6H,1-4H2/t6-/m1/s1. The quantitative estimate of drug-likeness (QED) is 0.454. The predicted octanol–water partition coefficient (Wildman–Crippen LogP) is 1.22. The van der Waals surface area contributed by atoms with Gasteiger partial charge in [0.15, 0.2) is 6.10 Å². The molecule has 1 saturated carbocycles. The van der Waals surface area contributed by atoms with Gasteiger partial charge >= 0.3 is 0 Å². The van der Waals surface area contributed by atoms with E-state index in [0.717, 1.165) is 12.8 Å². The summed E-state index contributed by atoms with van der Waals surface area (Å²) in [7, 11) is 0. The Labute approximate surface area is 54.4 Å². The van der Waals surface area contributed by atoms with Crippen molar-refractivity contribution >= 4 is 0 Å². The fourth-order valence-electron chi connectivity index (χ4n) is 1.70. The Morgan fingerprint density at radius 2 is 2.11 bits per heavy atom. The van der Waals surface area contributed by atoms with Gasteiger partial charge in [-0.15, -0.1) is 0 Å². The third-order valence-electron chi connectivity index (χ3n) is 2.34. The molecule has 0 radical (unpaired) electrons. The summed E-state index contributed by atoms with van der Waals surface area (Å²) in [4.78, 5) is 0. The second-order valence-corrected chi connectivity index (χ2v) is 2.90. The summed E-state index contributed by atoms with van der Waals surface area (Å²) in [6.45, 7) is 0. The first-order valence-corrected chi connectivity index (χ1v) is 3.45. The Kier molecular flexibility index (Phi) is 0.866. The first-order chi connectivity index (χ1) is 4.37. The van der Waals surface area contributed by atoms with Crippen LogP contribution in [-0.4, -0.2) is 11.7 Å². The number of nitrogens with zero attached hydrogens (tertiary/aromatic N) is 1. The van der Waals surface area contributed by atoms with E-state index in [2.05, 4.69) is 6.07 Å². The molecule has 2 aliphatic rings. The fourth-order valence-corrected chi connectivity index (χ4v) is 1.70. The summed E-state index contributed by atoms with van der Waals surface area (Å²) < 4.78 is 5.25. The van der Waals surface area contributed by atoms with Gasteiger partial charge in [-0.05, 0) is 12.8 Å². The predicted molar refractivity (Wildman–Crippen MR) is 31.7 cm³/mol. The van der Waals surface area contributed by atoms with Gasteiger partial charge in [0.1, 0.15) is 5.60 Å². The van der Waals surface area contributed by atoms with E-state index in [9.17, 15) is 0 Å². The molecule has 0 bridgehead atoms. The minimum absolute atomic E-state index is 0.0503. The minimum Gasteiger partial charge on any atom is -0.350 e. The van der Waals surface area contributed by atoms with Crippen molar-refractivity contribution in [3.05, 3.63) is 0 Å². The number of nitriles is 1. The highest BCUT2D eigenvalue weighted by Gasteiger charge is 2.57. The highest BCUT2D eigenvalue weighted by molar-refractivity contribution is 5.15. The zero-order valence-corrected chi connectivity index (χ0v) is 5.26. The van der Waals surface area contributed by atoms with Gasteiger partial charge in [0.2, 0.25) is 0 Å². The van der Waals surface area contributed by atoms with Crippen molar-refractivity contribution in [2.24, 2.45) is 0 Å². The largest absolute Gasteiger partial charge is 0.350 e. The van der Waals surface area contributed by atoms with Crippen molar-refractivity contribution in [3.63, 3.8) is 0 Å². The number of rotatable bonds is 0. The molecule has 2 heteroatoms. The van der Waals surface area contributed by atoms with Crippen molar-refractivity contribution in [2.75, 3.05) is 0 Å². The zero-order chi connectivity index (χ0) is 6.32. The Hall–Kier alpha value is -0.550. The summed E-state index contributed by atoms with van der Waals surface area (Å²) in [5.74, 6) is 0. The smallest absolute Gasteiger partial charge is 0.173 e. The Bertz CT molecular complexity index is 164. The van der Waals surface area contributed by atoms with E-state index >= 15 is 0 Å². The average molecular weight is 123 g/mol. The molecular formula is C7H9NO. The molecule has 0 aromatic carbocycles. The summed E-state index contributed by atoms with van der Waals surface area (Å²) >= 11 is 0. The molecule has 2 rings (SSSR count). The first-order valence-electron chi connectivity index (χ1n) is 3.45. The Balaban J connectivity index is 2.07. The van der Waals surface area contributed by atoms with Crippen LogP contribution in [0.1, 0.15) is 25.7 Å². The highest BCUT2D eigenvalue weighted by Crippen LogP contribution is 2.49. The second-order valence-electron chi connectivity index (χ2n) is 2.90. The summed E-state index contributed by atoms with van der Waals surface area (Å²) in [5, 5.41) is 8.46. The van der Waals surface area contributed by atoms with Gasteiger partial charge in [0.05, 0.1) is 6.07 Å². The molecule has 0 unspecified atom stereocenters. The van der Waals surface area contributed by atoms with Gasteiger partial charge in [0.25, 0.3) is 0 Å². The summed E-state index contributed by atoms with van der Waals surface area (Å²) in [6.07, 6.45) is 4.67. The molecule has 0 amide bonds. The van der Waals surface area contributed by atoms with E-state index < -0.39 is 0 Å². The Morgan fingerprint density at radius 1 is 1.44 bits per heavy atom. The lowest BCUT2D eigenvalue weighted by molar-refractivity contribution is 0.303. The lowest BCUT2D eigenvalue weighted by Gasteiger charge is -1.94. The number of hydrogen-bond donors (Lipinski definition) is 0. The average Bonchev–Trinajstić information content (AvgIpc) is 2.30. The minimum atomic E-state index is -0.0556. The maximum absolute atomic E-state index is 8.46. The van der Waals surface area contributed by atoms with Crippen molar-refractivity contribution in [1.82, 2.24) is 0 Å². The molecular weight excluding hydrogens is 114 g/mol. The van der Waals surface area contributed by atoms with Gasteiger partial charge in [-0.2, -0.15) is 5.26 Å². The fraction of sp³-hybridized carbons (Fsp3) is 0.857. The molecule has 1 saturated heterocycles. The van der Waals surface area contributed by atoms with Crippen LogP contribution in [0, 0.1) is 11.3 Å². The molecule has 0 N–H and O–H groups in total. The molecule has 2 fully saturated rings. The molecule has 1 spiro atoms. The second kappa shape index (κ2) is 1.48. The number of hydrogen-bond acceptors (Lipinski definition) is 2. The van der Waals surface area contributed by atoms with E-state index in [1.807, 2.05) is 0 Å². The summed E-state index contributed by atoms with van der Waals surface area (Å²) in [5.41, 5.74) is 0.0503. The molecule has 9 heavy (non-hydrogen) atoms. The van der Waals surface area contributed by atoms with Crippen LogP contribution in [0.2, 0.25) is 0 Å². The van der Waals surface area contributed by atoms with E-state index in [1.165, 1.54) is 12.8 Å². The lowest BCUT2D eigenvalue weighted by Crippen LogP contribution is -2.06.